The minimum atomic E-state index is -0.605. The number of halogens is 1. The Hall–Kier alpha value is -2.34. The van der Waals surface area contributed by atoms with Crippen LogP contribution in [0.1, 0.15) is 31.9 Å². The van der Waals surface area contributed by atoms with E-state index in [-0.39, 0.29) is 18.4 Å². The molecule has 0 spiro atoms. The lowest BCUT2D eigenvalue weighted by Gasteiger charge is -2.29. The summed E-state index contributed by atoms with van der Waals surface area (Å²) in [5.41, 5.74) is 2.07. The van der Waals surface area contributed by atoms with Crippen molar-refractivity contribution in [1.29, 1.82) is 0 Å². The average molecular weight is 461 g/mol. The maximum absolute atomic E-state index is 13.0. The zero-order valence-electron chi connectivity index (χ0n) is 17.4. The molecule has 1 N–H and O–H groups in total. The molecule has 2 rings (SSSR count). The molecule has 0 heterocycles. The zero-order valence-corrected chi connectivity index (χ0v) is 19.0. The van der Waals surface area contributed by atoms with Gasteiger partial charge in [0.2, 0.25) is 5.91 Å². The van der Waals surface area contributed by atoms with Crippen LogP contribution < -0.4 is 10.1 Å². The summed E-state index contributed by atoms with van der Waals surface area (Å²) in [6.07, 6.45) is 0. The molecule has 0 radical (unpaired) electrons. The van der Waals surface area contributed by atoms with Gasteiger partial charge in [0, 0.05) is 17.6 Å². The van der Waals surface area contributed by atoms with Crippen molar-refractivity contribution in [2.45, 2.75) is 40.3 Å². The first-order valence-electron chi connectivity index (χ1n) is 9.77. The second-order valence-corrected chi connectivity index (χ2v) is 8.48. The summed E-state index contributed by atoms with van der Waals surface area (Å²) in [7, 11) is 0. The third kappa shape index (κ3) is 7.54. The number of nitrogens with one attached hydrogen (secondary N) is 1. The van der Waals surface area contributed by atoms with Crippen LogP contribution >= 0.6 is 15.9 Å². The van der Waals surface area contributed by atoms with E-state index in [9.17, 15) is 9.59 Å². The van der Waals surface area contributed by atoms with E-state index < -0.39 is 6.04 Å². The lowest BCUT2D eigenvalue weighted by atomic mass is 10.1. The highest BCUT2D eigenvalue weighted by atomic mass is 79.9. The normalized spacial score (nSPS) is 11.8. The molecule has 0 aliphatic rings. The highest BCUT2D eigenvalue weighted by Gasteiger charge is 2.26. The molecule has 29 heavy (non-hydrogen) atoms. The predicted octanol–water partition coefficient (Wildman–Crippen LogP) is 4.33. The van der Waals surface area contributed by atoms with Gasteiger partial charge < -0.3 is 15.0 Å². The lowest BCUT2D eigenvalue weighted by Crippen LogP contribution is -2.49. The Kier molecular flexibility index (Phi) is 8.70. The zero-order chi connectivity index (χ0) is 21.4. The Morgan fingerprint density at radius 3 is 2.24 bits per heavy atom. The molecule has 5 nitrogen and oxygen atoms in total. The van der Waals surface area contributed by atoms with Gasteiger partial charge in [-0.3, -0.25) is 9.59 Å². The third-order valence-electron chi connectivity index (χ3n) is 4.50. The van der Waals surface area contributed by atoms with Crippen LogP contribution in [0.5, 0.6) is 5.75 Å². The Labute approximate surface area is 181 Å². The largest absolute Gasteiger partial charge is 0.484 e. The van der Waals surface area contributed by atoms with E-state index >= 15 is 0 Å². The number of nitrogens with zero attached hydrogens (tertiary/aromatic N) is 1. The molecule has 1 atom stereocenters. The van der Waals surface area contributed by atoms with E-state index in [1.165, 1.54) is 0 Å². The molecule has 6 heteroatoms. The Bertz CT molecular complexity index is 804. The second-order valence-electron chi connectivity index (χ2n) is 7.56. The fourth-order valence-electron chi connectivity index (χ4n) is 2.68. The third-order valence-corrected chi connectivity index (χ3v) is 5.03. The molecule has 0 unspecified atom stereocenters. The number of carbonyl (C=O) groups excluding carboxylic acids is 2. The second kappa shape index (κ2) is 11.0. The smallest absolute Gasteiger partial charge is 0.261 e. The highest BCUT2D eigenvalue weighted by molar-refractivity contribution is 9.10. The van der Waals surface area contributed by atoms with Gasteiger partial charge in [0.1, 0.15) is 11.8 Å². The molecule has 0 fully saturated rings. The summed E-state index contributed by atoms with van der Waals surface area (Å²) in [5.74, 6) is 0.566. The quantitative estimate of drug-likeness (QED) is 0.605. The van der Waals surface area contributed by atoms with Crippen molar-refractivity contribution in [2.24, 2.45) is 5.92 Å². The maximum atomic E-state index is 13.0. The van der Waals surface area contributed by atoms with Gasteiger partial charge in [0.25, 0.3) is 5.91 Å². The van der Waals surface area contributed by atoms with Crippen LogP contribution in [-0.4, -0.2) is 35.9 Å². The first-order valence-corrected chi connectivity index (χ1v) is 10.6. The topological polar surface area (TPSA) is 58.6 Å². The van der Waals surface area contributed by atoms with E-state index in [0.717, 1.165) is 15.6 Å². The molecule has 0 aliphatic heterocycles. The van der Waals surface area contributed by atoms with Crippen molar-refractivity contribution in [3.8, 4) is 5.75 Å². The van der Waals surface area contributed by atoms with E-state index in [1.807, 2.05) is 69.3 Å². The van der Waals surface area contributed by atoms with Crippen LogP contribution in [0, 0.1) is 12.8 Å². The van der Waals surface area contributed by atoms with Gasteiger partial charge in [0.05, 0.1) is 0 Å². The fraction of sp³-hybridized carbons (Fsp3) is 0.391. The number of carbonyl (C=O) groups is 2. The summed E-state index contributed by atoms with van der Waals surface area (Å²) < 4.78 is 6.62. The molecule has 0 aromatic heterocycles. The van der Waals surface area contributed by atoms with Crippen molar-refractivity contribution >= 4 is 27.7 Å². The molecule has 0 aliphatic carbocycles. The van der Waals surface area contributed by atoms with Crippen LogP contribution in [0.25, 0.3) is 0 Å². The standard InChI is InChI=1S/C23H29BrN2O3/c1-16(2)13-25-23(28)18(4)26(14-19-7-9-20(24)10-8-19)22(27)15-29-21-11-5-17(3)6-12-21/h5-12,16,18H,13-15H2,1-4H3,(H,25,28)/t18-/m0/s1. The minimum absolute atomic E-state index is 0.124. The van der Waals surface area contributed by atoms with Gasteiger partial charge in [-0.25, -0.2) is 0 Å². The monoisotopic (exact) mass is 460 g/mol. The van der Waals surface area contributed by atoms with E-state index in [2.05, 4.69) is 21.2 Å². The first-order chi connectivity index (χ1) is 13.8. The van der Waals surface area contributed by atoms with Crippen molar-refractivity contribution in [3.05, 3.63) is 64.1 Å². The van der Waals surface area contributed by atoms with Crippen LogP contribution in [0.3, 0.4) is 0 Å². The summed E-state index contributed by atoms with van der Waals surface area (Å²) in [6, 6.07) is 14.6. The predicted molar refractivity (Wildman–Crippen MR) is 119 cm³/mol. The van der Waals surface area contributed by atoms with Crippen LogP contribution in [0.2, 0.25) is 0 Å². The summed E-state index contributed by atoms with van der Waals surface area (Å²) >= 11 is 3.42. The van der Waals surface area contributed by atoms with Crippen molar-refractivity contribution < 1.29 is 14.3 Å². The van der Waals surface area contributed by atoms with Crippen LogP contribution in [0.15, 0.2) is 53.0 Å². The van der Waals surface area contributed by atoms with Crippen molar-refractivity contribution in [3.63, 3.8) is 0 Å². The highest BCUT2D eigenvalue weighted by Crippen LogP contribution is 2.16. The number of ether oxygens (including phenoxy) is 1. The van der Waals surface area contributed by atoms with Gasteiger partial charge >= 0.3 is 0 Å². The molecule has 2 amide bonds. The number of hydrogen-bond donors (Lipinski definition) is 1. The molecule has 0 bridgehead atoms. The van der Waals surface area contributed by atoms with Gasteiger partial charge in [-0.1, -0.05) is 59.6 Å². The van der Waals surface area contributed by atoms with Gasteiger partial charge in [-0.2, -0.15) is 0 Å². The maximum Gasteiger partial charge on any atom is 0.261 e. The number of benzene rings is 2. The Morgan fingerprint density at radius 2 is 1.66 bits per heavy atom. The number of aryl methyl sites for hydroxylation is 1. The van der Waals surface area contributed by atoms with Gasteiger partial charge in [0.15, 0.2) is 6.61 Å². The van der Waals surface area contributed by atoms with Crippen molar-refractivity contribution in [1.82, 2.24) is 10.2 Å². The minimum Gasteiger partial charge on any atom is -0.484 e. The molecule has 156 valence electrons. The van der Waals surface area contributed by atoms with E-state index in [1.54, 1.807) is 11.8 Å². The first kappa shape index (κ1) is 22.9. The number of amides is 2. The van der Waals surface area contributed by atoms with E-state index in [0.29, 0.717) is 24.8 Å². The van der Waals surface area contributed by atoms with Gasteiger partial charge in [-0.15, -0.1) is 0 Å². The summed E-state index contributed by atoms with van der Waals surface area (Å²) in [4.78, 5) is 27.1. The van der Waals surface area contributed by atoms with E-state index in [4.69, 9.17) is 4.74 Å². The number of hydrogen-bond acceptors (Lipinski definition) is 3. The number of rotatable bonds is 9. The average Bonchev–Trinajstić information content (AvgIpc) is 2.70. The molecular weight excluding hydrogens is 432 g/mol. The summed E-state index contributed by atoms with van der Waals surface area (Å²) in [6.45, 7) is 8.59. The fourth-order valence-corrected chi connectivity index (χ4v) is 2.95. The molecule has 0 saturated heterocycles. The molecule has 2 aromatic carbocycles. The molecule has 0 saturated carbocycles. The SMILES string of the molecule is Cc1ccc(OCC(=O)N(Cc2ccc(Br)cc2)[C@@H](C)C(=O)NCC(C)C)cc1. The molecular formula is C23H29BrN2O3. The Morgan fingerprint density at radius 1 is 1.03 bits per heavy atom. The van der Waals surface area contributed by atoms with Crippen LogP contribution in [0.4, 0.5) is 0 Å². The van der Waals surface area contributed by atoms with Gasteiger partial charge in [-0.05, 0) is 49.6 Å². The lowest BCUT2D eigenvalue weighted by molar-refractivity contribution is -0.142. The Balaban J connectivity index is 2.10. The van der Waals surface area contributed by atoms with Crippen LogP contribution in [-0.2, 0) is 16.1 Å². The van der Waals surface area contributed by atoms with Crippen molar-refractivity contribution in [2.75, 3.05) is 13.2 Å². The molecule has 2 aromatic rings. The summed E-state index contributed by atoms with van der Waals surface area (Å²) in [5, 5.41) is 2.91.